The van der Waals surface area contributed by atoms with Gasteiger partial charge in [0.2, 0.25) is 5.95 Å². The topological polar surface area (TPSA) is 90.8 Å². The first kappa shape index (κ1) is 19.3. The van der Waals surface area contributed by atoms with E-state index < -0.39 is 17.7 Å². The summed E-state index contributed by atoms with van der Waals surface area (Å²) in [4.78, 5) is 18.8. The molecule has 10 heteroatoms. The Morgan fingerprint density at radius 1 is 1.18 bits per heavy atom. The Kier molecular flexibility index (Phi) is 5.24. The average Bonchev–Trinajstić information content (AvgIpc) is 2.62. The van der Waals surface area contributed by atoms with Crippen molar-refractivity contribution in [3.8, 4) is 23.1 Å². The van der Waals surface area contributed by atoms with Crippen LogP contribution in [0.25, 0.3) is 11.3 Å². The van der Waals surface area contributed by atoms with E-state index in [0.717, 1.165) is 12.1 Å². The second-order valence-electron chi connectivity index (χ2n) is 5.46. The number of alkyl halides is 3. The Labute approximate surface area is 161 Å². The smallest absolute Gasteiger partial charge is 0.406 e. The van der Waals surface area contributed by atoms with Gasteiger partial charge in [-0.15, -0.1) is 13.2 Å². The van der Waals surface area contributed by atoms with Crippen LogP contribution in [0.1, 0.15) is 5.56 Å². The Morgan fingerprint density at radius 3 is 2.54 bits per heavy atom. The molecule has 2 N–H and O–H groups in total. The summed E-state index contributed by atoms with van der Waals surface area (Å²) >= 11 is 5.82. The van der Waals surface area contributed by atoms with Crippen molar-refractivity contribution < 1.29 is 17.9 Å². The van der Waals surface area contributed by atoms with E-state index in [1.807, 2.05) is 0 Å². The zero-order valence-electron chi connectivity index (χ0n) is 13.8. The highest BCUT2D eigenvalue weighted by Crippen LogP contribution is 2.28. The molecule has 0 radical (unpaired) electrons. The van der Waals surface area contributed by atoms with Crippen LogP contribution in [-0.2, 0) is 0 Å². The van der Waals surface area contributed by atoms with Crippen LogP contribution in [0.4, 0.5) is 24.8 Å². The van der Waals surface area contributed by atoms with Gasteiger partial charge in [-0.2, -0.15) is 5.26 Å². The maximum absolute atomic E-state index is 12.5. The minimum absolute atomic E-state index is 0.00321. The van der Waals surface area contributed by atoms with Gasteiger partial charge in [-0.05, 0) is 36.4 Å². The predicted octanol–water partition coefficient (Wildman–Crippen LogP) is 4.60. The number of hydrogen-bond donors (Lipinski definition) is 2. The molecule has 0 atom stereocenters. The van der Waals surface area contributed by atoms with Gasteiger partial charge in [-0.25, -0.2) is 4.98 Å². The molecule has 0 aliphatic heterocycles. The summed E-state index contributed by atoms with van der Waals surface area (Å²) in [7, 11) is 0. The number of aromatic amines is 1. The molecule has 0 aliphatic rings. The fourth-order valence-electron chi connectivity index (χ4n) is 2.36. The molecule has 1 heterocycles. The van der Waals surface area contributed by atoms with Gasteiger partial charge >= 0.3 is 6.36 Å². The molecule has 1 aromatic heterocycles. The molecular weight excluding hydrogens is 397 g/mol. The van der Waals surface area contributed by atoms with E-state index >= 15 is 0 Å². The molecular formula is C18H10ClF3N4O2. The lowest BCUT2D eigenvalue weighted by Crippen LogP contribution is -2.17. The van der Waals surface area contributed by atoms with Crippen molar-refractivity contribution in [2.75, 3.05) is 5.32 Å². The Bertz CT molecular complexity index is 1110. The summed E-state index contributed by atoms with van der Waals surface area (Å²) in [5, 5.41) is 12.6. The second-order valence-corrected chi connectivity index (χ2v) is 5.89. The highest BCUT2D eigenvalue weighted by atomic mass is 35.5. The van der Waals surface area contributed by atoms with E-state index in [1.54, 1.807) is 30.3 Å². The van der Waals surface area contributed by atoms with Crippen LogP contribution < -0.4 is 15.6 Å². The highest BCUT2D eigenvalue weighted by Gasteiger charge is 2.31. The summed E-state index contributed by atoms with van der Waals surface area (Å²) in [5.74, 6) is -0.494. The van der Waals surface area contributed by atoms with Crippen molar-refractivity contribution in [1.82, 2.24) is 9.97 Å². The van der Waals surface area contributed by atoms with E-state index in [9.17, 15) is 23.2 Å². The molecule has 0 bridgehead atoms. The number of rotatable bonds is 4. The van der Waals surface area contributed by atoms with Gasteiger partial charge in [0.1, 0.15) is 17.4 Å². The average molecular weight is 407 g/mol. The molecule has 0 saturated heterocycles. The number of anilines is 2. The predicted molar refractivity (Wildman–Crippen MR) is 96.4 cm³/mol. The molecule has 0 saturated carbocycles. The lowest BCUT2D eigenvalue weighted by molar-refractivity contribution is -0.274. The molecule has 0 spiro atoms. The van der Waals surface area contributed by atoms with Crippen LogP contribution in [0.15, 0.2) is 53.3 Å². The van der Waals surface area contributed by atoms with Crippen molar-refractivity contribution in [2.24, 2.45) is 0 Å². The van der Waals surface area contributed by atoms with Crippen LogP contribution in [0, 0.1) is 11.3 Å². The molecule has 0 unspecified atom stereocenters. The first-order valence-electron chi connectivity index (χ1n) is 7.68. The van der Waals surface area contributed by atoms with Crippen molar-refractivity contribution in [3.63, 3.8) is 0 Å². The van der Waals surface area contributed by atoms with Crippen LogP contribution >= 0.6 is 11.6 Å². The first-order chi connectivity index (χ1) is 13.2. The van der Waals surface area contributed by atoms with E-state index in [1.165, 1.54) is 12.1 Å². The number of H-pyrrole nitrogens is 1. The SMILES string of the molecule is N#Cc1c(-c2cccc(OC(F)(F)F)c2)nc(Nc2ccc(Cl)cc2)[nH]c1=O. The van der Waals surface area contributed by atoms with Gasteiger partial charge in [0.25, 0.3) is 5.56 Å². The monoisotopic (exact) mass is 406 g/mol. The number of aromatic nitrogens is 2. The summed E-state index contributed by atoms with van der Waals surface area (Å²) in [5.41, 5.74) is -0.506. The summed E-state index contributed by atoms with van der Waals surface area (Å²) in [6.07, 6.45) is -4.88. The Hall–Kier alpha value is -3.51. The largest absolute Gasteiger partial charge is 0.573 e. The van der Waals surface area contributed by atoms with Crippen LogP contribution in [0.5, 0.6) is 5.75 Å². The minimum Gasteiger partial charge on any atom is -0.406 e. The van der Waals surface area contributed by atoms with Crippen molar-refractivity contribution in [1.29, 1.82) is 5.26 Å². The van der Waals surface area contributed by atoms with Gasteiger partial charge in [0, 0.05) is 16.3 Å². The lowest BCUT2D eigenvalue weighted by Gasteiger charge is -2.11. The van der Waals surface area contributed by atoms with E-state index in [2.05, 4.69) is 20.0 Å². The number of nitrogens with one attached hydrogen (secondary N) is 2. The third-order valence-corrected chi connectivity index (χ3v) is 3.73. The number of halogens is 4. The molecule has 28 heavy (non-hydrogen) atoms. The van der Waals surface area contributed by atoms with Crippen LogP contribution in [0.3, 0.4) is 0 Å². The zero-order valence-corrected chi connectivity index (χ0v) is 14.6. The Balaban J connectivity index is 2.04. The molecule has 6 nitrogen and oxygen atoms in total. The number of ether oxygens (including phenoxy) is 1. The summed E-state index contributed by atoms with van der Waals surface area (Å²) in [6, 6.07) is 13.1. The van der Waals surface area contributed by atoms with Gasteiger partial charge in [-0.1, -0.05) is 23.7 Å². The molecule has 0 aliphatic carbocycles. The summed E-state index contributed by atoms with van der Waals surface area (Å²) in [6.45, 7) is 0. The van der Waals surface area contributed by atoms with E-state index in [4.69, 9.17) is 11.6 Å². The maximum Gasteiger partial charge on any atom is 0.573 e. The number of nitriles is 1. The fourth-order valence-corrected chi connectivity index (χ4v) is 2.48. The van der Waals surface area contributed by atoms with Gasteiger partial charge in [0.15, 0.2) is 0 Å². The van der Waals surface area contributed by atoms with Crippen molar-refractivity contribution >= 4 is 23.2 Å². The normalized spacial score (nSPS) is 11.0. The minimum atomic E-state index is -4.88. The zero-order chi connectivity index (χ0) is 20.3. The number of hydrogen-bond acceptors (Lipinski definition) is 5. The standard InChI is InChI=1S/C18H10ClF3N4O2/c19-11-4-6-12(7-5-11)24-17-25-15(14(9-23)16(27)26-17)10-2-1-3-13(8-10)28-18(20,21)22/h1-8H,(H2,24,25,26,27). The van der Waals surface area contributed by atoms with Gasteiger partial charge in [0.05, 0.1) is 5.69 Å². The summed E-state index contributed by atoms with van der Waals surface area (Å²) < 4.78 is 41.2. The third-order valence-electron chi connectivity index (χ3n) is 3.48. The Morgan fingerprint density at radius 2 is 1.89 bits per heavy atom. The lowest BCUT2D eigenvalue weighted by atomic mass is 10.1. The van der Waals surface area contributed by atoms with E-state index in [-0.39, 0.29) is 22.8 Å². The van der Waals surface area contributed by atoms with Crippen molar-refractivity contribution in [3.05, 3.63) is 69.5 Å². The van der Waals surface area contributed by atoms with Crippen LogP contribution in [0.2, 0.25) is 5.02 Å². The van der Waals surface area contributed by atoms with Gasteiger partial charge < -0.3 is 10.1 Å². The molecule has 3 aromatic rings. The molecule has 3 rings (SSSR count). The molecule has 0 amide bonds. The molecule has 0 fully saturated rings. The second kappa shape index (κ2) is 7.62. The van der Waals surface area contributed by atoms with E-state index in [0.29, 0.717) is 10.7 Å². The van der Waals surface area contributed by atoms with Gasteiger partial charge in [-0.3, -0.25) is 9.78 Å². The maximum atomic E-state index is 12.5. The highest BCUT2D eigenvalue weighted by molar-refractivity contribution is 6.30. The van der Waals surface area contributed by atoms with Crippen LogP contribution in [-0.4, -0.2) is 16.3 Å². The molecule has 142 valence electrons. The fraction of sp³-hybridized carbons (Fsp3) is 0.0556. The number of benzene rings is 2. The third kappa shape index (κ3) is 4.61. The first-order valence-corrected chi connectivity index (χ1v) is 8.06. The molecule has 2 aromatic carbocycles. The number of nitrogens with zero attached hydrogens (tertiary/aromatic N) is 2. The quantitative estimate of drug-likeness (QED) is 0.660. The van der Waals surface area contributed by atoms with Crippen molar-refractivity contribution in [2.45, 2.75) is 6.36 Å².